The summed E-state index contributed by atoms with van der Waals surface area (Å²) in [6.07, 6.45) is 3.54. The number of nitrogens with zero attached hydrogens (tertiary/aromatic N) is 4. The Morgan fingerprint density at radius 2 is 1.87 bits per heavy atom. The Hall–Kier alpha value is -4.76. The molecule has 0 spiro atoms. The van der Waals surface area contributed by atoms with Crippen molar-refractivity contribution in [3.8, 4) is 39.5 Å². The van der Waals surface area contributed by atoms with E-state index in [9.17, 15) is 4.39 Å². The van der Waals surface area contributed by atoms with Crippen molar-refractivity contribution < 1.29 is 9.13 Å². The van der Waals surface area contributed by atoms with Crippen LogP contribution in [-0.4, -0.2) is 51.4 Å². The van der Waals surface area contributed by atoms with E-state index in [-0.39, 0.29) is 11.9 Å². The van der Waals surface area contributed by atoms with Gasteiger partial charge in [-0.25, -0.2) is 9.37 Å². The van der Waals surface area contributed by atoms with Gasteiger partial charge in [0.25, 0.3) is 0 Å². The fourth-order valence-corrected chi connectivity index (χ4v) is 5.10. The molecule has 1 fully saturated rings. The van der Waals surface area contributed by atoms with Crippen LogP contribution in [0.3, 0.4) is 0 Å². The quantitative estimate of drug-likeness (QED) is 0.300. The molecule has 3 aromatic heterocycles. The zero-order valence-corrected chi connectivity index (χ0v) is 20.6. The second-order valence-electron chi connectivity index (χ2n) is 9.59. The summed E-state index contributed by atoms with van der Waals surface area (Å²) in [5.74, 6) is 0.957. The summed E-state index contributed by atoms with van der Waals surface area (Å²) in [4.78, 5) is 14.9. The average Bonchev–Trinajstić information content (AvgIpc) is 3.54. The minimum absolute atomic E-state index is 0.185. The topological polar surface area (TPSA) is 109 Å². The van der Waals surface area contributed by atoms with Crippen molar-refractivity contribution in [3.05, 3.63) is 78.9 Å². The second kappa shape index (κ2) is 8.67. The van der Waals surface area contributed by atoms with E-state index in [2.05, 4.69) is 37.2 Å². The van der Waals surface area contributed by atoms with Crippen molar-refractivity contribution in [2.24, 2.45) is 5.73 Å². The second-order valence-corrected chi connectivity index (χ2v) is 9.59. The third kappa shape index (κ3) is 3.75. The molecule has 0 bridgehead atoms. The summed E-state index contributed by atoms with van der Waals surface area (Å²) in [6, 6.07) is 19.0. The minimum atomic E-state index is -0.345. The number of nitrogens with two attached hydrogens (primary N) is 1. The van der Waals surface area contributed by atoms with Crippen LogP contribution < -0.4 is 15.4 Å². The molecule has 7 rings (SSSR count). The van der Waals surface area contributed by atoms with Gasteiger partial charge in [0.05, 0.1) is 36.4 Å². The Balaban J connectivity index is 1.30. The number of benzene rings is 3. The highest BCUT2D eigenvalue weighted by molar-refractivity contribution is 6.01. The molecule has 6 aromatic rings. The van der Waals surface area contributed by atoms with Crippen molar-refractivity contribution in [2.75, 3.05) is 25.1 Å². The molecule has 8 nitrogen and oxygen atoms in total. The van der Waals surface area contributed by atoms with Gasteiger partial charge in [-0.3, -0.25) is 10.1 Å². The van der Waals surface area contributed by atoms with Crippen LogP contribution in [0.15, 0.2) is 73.1 Å². The number of H-pyrrole nitrogens is 2. The van der Waals surface area contributed by atoms with Crippen molar-refractivity contribution in [3.63, 3.8) is 0 Å². The molecule has 0 amide bonds. The summed E-state index contributed by atoms with van der Waals surface area (Å²) in [7, 11) is 1.53. The lowest BCUT2D eigenvalue weighted by atomic mass is 10.0. The lowest BCUT2D eigenvalue weighted by molar-refractivity contribution is 0.411. The number of fused-ring (bicyclic) bond motifs is 2. The Bertz CT molecular complexity index is 1820. The average molecular weight is 506 g/mol. The predicted molar refractivity (Wildman–Crippen MR) is 147 cm³/mol. The maximum absolute atomic E-state index is 14.3. The molecule has 1 saturated heterocycles. The first-order valence-electron chi connectivity index (χ1n) is 12.3. The molecule has 0 unspecified atom stereocenters. The SMILES string of the molecule is COc1cc(F)cc(-c2cccc3[nH]c(-c4n[nH]c5ccc(-c6cncc(N7CC(N)C7)n6)cc45)cc23)c1. The fourth-order valence-electron chi connectivity index (χ4n) is 5.10. The van der Waals surface area contributed by atoms with Crippen LogP contribution in [0.25, 0.3) is 55.6 Å². The number of aromatic amines is 2. The number of halogens is 1. The number of rotatable bonds is 5. The molecule has 0 saturated carbocycles. The summed E-state index contributed by atoms with van der Waals surface area (Å²) >= 11 is 0. The molecule has 1 aliphatic rings. The van der Waals surface area contributed by atoms with Crippen molar-refractivity contribution in [1.29, 1.82) is 0 Å². The number of nitrogens with one attached hydrogen (secondary N) is 2. The molecular formula is C29H24FN7O. The molecule has 4 heterocycles. The van der Waals surface area contributed by atoms with Crippen LogP contribution in [0.2, 0.25) is 0 Å². The summed E-state index contributed by atoms with van der Waals surface area (Å²) in [5, 5.41) is 9.68. The van der Waals surface area contributed by atoms with E-state index in [0.29, 0.717) is 5.75 Å². The zero-order valence-electron chi connectivity index (χ0n) is 20.6. The largest absolute Gasteiger partial charge is 0.497 e. The lowest BCUT2D eigenvalue weighted by Crippen LogP contribution is -2.56. The molecule has 188 valence electrons. The summed E-state index contributed by atoms with van der Waals surface area (Å²) < 4.78 is 19.6. The van der Waals surface area contributed by atoms with E-state index in [1.807, 2.05) is 36.4 Å². The lowest BCUT2D eigenvalue weighted by Gasteiger charge is -2.37. The van der Waals surface area contributed by atoms with Gasteiger partial charge in [-0.15, -0.1) is 0 Å². The highest BCUT2D eigenvalue weighted by Gasteiger charge is 2.24. The highest BCUT2D eigenvalue weighted by Crippen LogP contribution is 2.36. The molecular weight excluding hydrogens is 481 g/mol. The monoisotopic (exact) mass is 505 g/mol. The Labute approximate surface area is 217 Å². The first kappa shape index (κ1) is 22.4. The Kier molecular flexibility index (Phi) is 5.12. The summed E-state index contributed by atoms with van der Waals surface area (Å²) in [6.45, 7) is 1.57. The molecule has 1 aliphatic heterocycles. The van der Waals surface area contributed by atoms with E-state index in [4.69, 9.17) is 15.5 Å². The fraction of sp³-hybridized carbons (Fsp3) is 0.138. The van der Waals surface area contributed by atoms with Gasteiger partial charge >= 0.3 is 0 Å². The number of anilines is 1. The smallest absolute Gasteiger partial charge is 0.147 e. The van der Waals surface area contributed by atoms with Crippen LogP contribution >= 0.6 is 0 Å². The van der Waals surface area contributed by atoms with Gasteiger partial charge in [0.15, 0.2) is 0 Å². The van der Waals surface area contributed by atoms with E-state index < -0.39 is 0 Å². The predicted octanol–water partition coefficient (Wildman–Crippen LogP) is 5.13. The number of hydrogen-bond acceptors (Lipinski definition) is 6. The third-order valence-electron chi connectivity index (χ3n) is 7.05. The molecule has 4 N–H and O–H groups in total. The first-order valence-corrected chi connectivity index (χ1v) is 12.3. The van der Waals surface area contributed by atoms with Gasteiger partial charge in [-0.2, -0.15) is 5.10 Å². The van der Waals surface area contributed by atoms with Crippen LogP contribution in [0.5, 0.6) is 5.75 Å². The van der Waals surface area contributed by atoms with Gasteiger partial charge < -0.3 is 20.4 Å². The molecule has 3 aromatic carbocycles. The number of methoxy groups -OCH3 is 1. The van der Waals surface area contributed by atoms with Gasteiger partial charge in [0.1, 0.15) is 23.1 Å². The first-order chi connectivity index (χ1) is 18.6. The normalized spacial score (nSPS) is 13.8. The van der Waals surface area contributed by atoms with Crippen LogP contribution in [-0.2, 0) is 0 Å². The minimum Gasteiger partial charge on any atom is -0.497 e. The van der Waals surface area contributed by atoms with E-state index in [1.54, 1.807) is 12.4 Å². The molecule has 38 heavy (non-hydrogen) atoms. The maximum Gasteiger partial charge on any atom is 0.147 e. The number of hydrogen-bond donors (Lipinski definition) is 3. The van der Waals surface area contributed by atoms with E-state index in [1.165, 1.54) is 19.2 Å². The van der Waals surface area contributed by atoms with Crippen molar-refractivity contribution in [1.82, 2.24) is 25.1 Å². The molecule has 0 aliphatic carbocycles. The number of aromatic nitrogens is 5. The molecule has 9 heteroatoms. The van der Waals surface area contributed by atoms with Gasteiger partial charge in [-0.05, 0) is 47.5 Å². The van der Waals surface area contributed by atoms with Crippen LogP contribution in [0, 0.1) is 5.82 Å². The highest BCUT2D eigenvalue weighted by atomic mass is 19.1. The molecule has 0 radical (unpaired) electrons. The number of ether oxygens (including phenoxy) is 1. The van der Waals surface area contributed by atoms with Gasteiger partial charge in [-0.1, -0.05) is 18.2 Å². The van der Waals surface area contributed by atoms with Crippen molar-refractivity contribution in [2.45, 2.75) is 6.04 Å². The third-order valence-corrected chi connectivity index (χ3v) is 7.05. The standard InChI is InChI=1S/C29H24FN7O/c1-38-20-8-17(7-18(30)10-20)21-3-2-4-24-22(21)11-26(33-24)29-23-9-16(5-6-25(23)35-36-29)27-12-32-13-28(34-27)37-14-19(31)15-37/h2-13,19,33H,14-15,31H2,1H3,(H,35,36). The Morgan fingerprint density at radius 3 is 2.71 bits per heavy atom. The summed E-state index contributed by atoms with van der Waals surface area (Å²) in [5.41, 5.74) is 12.8. The van der Waals surface area contributed by atoms with Crippen LogP contribution in [0.4, 0.5) is 10.2 Å². The van der Waals surface area contributed by atoms with Gasteiger partial charge in [0.2, 0.25) is 0 Å². The maximum atomic E-state index is 14.3. The molecule has 0 atom stereocenters. The van der Waals surface area contributed by atoms with Crippen LogP contribution in [0.1, 0.15) is 0 Å². The van der Waals surface area contributed by atoms with Crippen molar-refractivity contribution >= 4 is 27.6 Å². The van der Waals surface area contributed by atoms with E-state index >= 15 is 0 Å². The Morgan fingerprint density at radius 1 is 0.974 bits per heavy atom. The van der Waals surface area contributed by atoms with E-state index in [0.717, 1.165) is 74.5 Å². The van der Waals surface area contributed by atoms with Gasteiger partial charge in [0, 0.05) is 47.1 Å². The zero-order chi connectivity index (χ0) is 25.8.